The number of benzene rings is 1. The highest BCUT2D eigenvalue weighted by Gasteiger charge is 2.23. The molecule has 3 aliphatic heterocycles. The van der Waals surface area contributed by atoms with Gasteiger partial charge < -0.3 is 30.1 Å². The van der Waals surface area contributed by atoms with Gasteiger partial charge in [-0.25, -0.2) is 4.98 Å². The van der Waals surface area contributed by atoms with Crippen LogP contribution < -0.4 is 20.3 Å². The first-order valence-electron chi connectivity index (χ1n) is 13.6. The fourth-order valence-corrected chi connectivity index (χ4v) is 5.79. The SMILES string of the molecule is COc1cc2c(NC3CCN(C)CC3)nc(N3CCCN(C)CC3)nc2cc1CC1CCCNC1. The molecule has 8 nitrogen and oxygen atoms in total. The summed E-state index contributed by atoms with van der Waals surface area (Å²) in [6, 6.07) is 4.89. The van der Waals surface area contributed by atoms with Crippen molar-refractivity contribution in [1.82, 2.24) is 25.1 Å². The predicted octanol–water partition coefficient (Wildman–Crippen LogP) is 2.83. The molecule has 3 saturated heterocycles. The average Bonchev–Trinajstić information content (AvgIpc) is 3.10. The van der Waals surface area contributed by atoms with Crippen molar-refractivity contribution in [1.29, 1.82) is 0 Å². The molecule has 1 aromatic heterocycles. The number of anilines is 2. The number of nitrogens with zero attached hydrogens (tertiary/aromatic N) is 5. The van der Waals surface area contributed by atoms with Gasteiger partial charge in [-0.05, 0) is 109 Å². The molecule has 4 heterocycles. The minimum Gasteiger partial charge on any atom is -0.496 e. The lowest BCUT2D eigenvalue weighted by molar-refractivity contribution is 0.264. The van der Waals surface area contributed by atoms with Gasteiger partial charge in [-0.1, -0.05) is 0 Å². The summed E-state index contributed by atoms with van der Waals surface area (Å²) in [6.45, 7) is 8.60. The molecule has 3 aliphatic rings. The fourth-order valence-electron chi connectivity index (χ4n) is 5.79. The van der Waals surface area contributed by atoms with E-state index in [-0.39, 0.29) is 0 Å². The zero-order valence-corrected chi connectivity index (χ0v) is 21.9. The topological polar surface area (TPSA) is 68.8 Å². The summed E-state index contributed by atoms with van der Waals surface area (Å²) in [5.74, 6) is 3.43. The molecule has 3 fully saturated rings. The van der Waals surface area contributed by atoms with Crippen molar-refractivity contribution >= 4 is 22.7 Å². The first-order valence-corrected chi connectivity index (χ1v) is 13.6. The first kappa shape index (κ1) is 24.5. The number of fused-ring (bicyclic) bond motifs is 1. The van der Waals surface area contributed by atoms with Gasteiger partial charge in [0.05, 0.1) is 12.6 Å². The van der Waals surface area contributed by atoms with Gasteiger partial charge in [0.1, 0.15) is 11.6 Å². The van der Waals surface area contributed by atoms with Gasteiger partial charge in [0.2, 0.25) is 5.95 Å². The molecule has 0 bridgehead atoms. The second kappa shape index (κ2) is 11.3. The lowest BCUT2D eigenvalue weighted by Crippen LogP contribution is -2.37. The van der Waals surface area contributed by atoms with E-state index < -0.39 is 0 Å². The highest BCUT2D eigenvalue weighted by molar-refractivity contribution is 5.92. The Bertz CT molecular complexity index is 985. The van der Waals surface area contributed by atoms with Crippen LogP contribution in [-0.4, -0.2) is 99.4 Å². The number of likely N-dealkylation sites (tertiary alicyclic amines) is 1. The van der Waals surface area contributed by atoms with Gasteiger partial charge in [0.15, 0.2) is 0 Å². The van der Waals surface area contributed by atoms with Crippen molar-refractivity contribution in [3.8, 4) is 5.75 Å². The quantitative estimate of drug-likeness (QED) is 0.653. The molecule has 0 aliphatic carbocycles. The molecule has 2 N–H and O–H groups in total. The molecule has 0 spiro atoms. The Labute approximate surface area is 210 Å². The van der Waals surface area contributed by atoms with Crippen molar-refractivity contribution in [2.24, 2.45) is 5.92 Å². The van der Waals surface area contributed by atoms with Gasteiger partial charge in [-0.15, -0.1) is 0 Å². The largest absolute Gasteiger partial charge is 0.496 e. The van der Waals surface area contributed by atoms with Crippen LogP contribution in [0.3, 0.4) is 0 Å². The first-order chi connectivity index (χ1) is 17.1. The minimum atomic E-state index is 0.436. The summed E-state index contributed by atoms with van der Waals surface area (Å²) in [4.78, 5) is 17.5. The van der Waals surface area contributed by atoms with Crippen LogP contribution >= 0.6 is 0 Å². The highest BCUT2D eigenvalue weighted by Crippen LogP contribution is 2.33. The Morgan fingerprint density at radius 2 is 1.80 bits per heavy atom. The van der Waals surface area contributed by atoms with Gasteiger partial charge in [-0.2, -0.15) is 4.98 Å². The van der Waals surface area contributed by atoms with Crippen LogP contribution in [-0.2, 0) is 6.42 Å². The Hall–Kier alpha value is -2.16. The van der Waals surface area contributed by atoms with Crippen LogP contribution in [0.5, 0.6) is 5.75 Å². The van der Waals surface area contributed by atoms with Gasteiger partial charge >= 0.3 is 0 Å². The Balaban J connectivity index is 1.50. The second-order valence-electron chi connectivity index (χ2n) is 10.8. The molecule has 0 radical (unpaired) electrons. The number of hydrogen-bond acceptors (Lipinski definition) is 8. The Kier molecular flexibility index (Phi) is 7.90. The van der Waals surface area contributed by atoms with Crippen LogP contribution in [0.4, 0.5) is 11.8 Å². The maximum Gasteiger partial charge on any atom is 0.227 e. The minimum absolute atomic E-state index is 0.436. The van der Waals surface area contributed by atoms with Crippen molar-refractivity contribution < 1.29 is 4.74 Å². The molecule has 35 heavy (non-hydrogen) atoms. The number of piperidine rings is 2. The van der Waals surface area contributed by atoms with Crippen molar-refractivity contribution in [3.63, 3.8) is 0 Å². The van der Waals surface area contributed by atoms with E-state index in [0.717, 1.165) is 106 Å². The number of hydrogen-bond donors (Lipinski definition) is 2. The zero-order chi connectivity index (χ0) is 24.2. The number of aromatic nitrogens is 2. The van der Waals surface area contributed by atoms with Crippen molar-refractivity contribution in [3.05, 3.63) is 17.7 Å². The lowest BCUT2D eigenvalue weighted by Gasteiger charge is -2.30. The molecule has 8 heteroatoms. The molecule has 0 amide bonds. The van der Waals surface area contributed by atoms with Crippen LogP contribution in [0.1, 0.15) is 37.7 Å². The number of rotatable bonds is 6. The van der Waals surface area contributed by atoms with E-state index in [9.17, 15) is 0 Å². The number of ether oxygens (including phenoxy) is 1. The smallest absolute Gasteiger partial charge is 0.227 e. The Morgan fingerprint density at radius 3 is 2.57 bits per heavy atom. The maximum atomic E-state index is 5.90. The lowest BCUT2D eigenvalue weighted by atomic mass is 9.91. The summed E-state index contributed by atoms with van der Waals surface area (Å²) in [7, 11) is 6.20. The molecule has 2 aromatic rings. The molecular formula is C27H43N7O. The molecule has 192 valence electrons. The zero-order valence-electron chi connectivity index (χ0n) is 21.9. The average molecular weight is 482 g/mol. The number of nitrogens with one attached hydrogen (secondary N) is 2. The molecule has 5 rings (SSSR count). The van der Waals surface area contributed by atoms with E-state index >= 15 is 0 Å². The third kappa shape index (κ3) is 5.98. The molecule has 1 aromatic carbocycles. The van der Waals surface area contributed by atoms with E-state index in [2.05, 4.69) is 51.6 Å². The molecule has 1 unspecified atom stereocenters. The van der Waals surface area contributed by atoms with Crippen LogP contribution in [0.25, 0.3) is 10.9 Å². The summed E-state index contributed by atoms with van der Waals surface area (Å²) >= 11 is 0. The van der Waals surface area contributed by atoms with E-state index in [1.807, 2.05) is 0 Å². The summed E-state index contributed by atoms with van der Waals surface area (Å²) in [5, 5.41) is 8.45. The normalized spacial score (nSPS) is 23.4. The summed E-state index contributed by atoms with van der Waals surface area (Å²) in [5.41, 5.74) is 2.29. The van der Waals surface area contributed by atoms with Gasteiger partial charge in [0.25, 0.3) is 0 Å². The Morgan fingerprint density at radius 1 is 0.971 bits per heavy atom. The maximum absolute atomic E-state index is 5.90. The molecular weight excluding hydrogens is 438 g/mol. The van der Waals surface area contributed by atoms with Crippen molar-refractivity contribution in [2.75, 3.05) is 83.8 Å². The van der Waals surface area contributed by atoms with Crippen LogP contribution in [0, 0.1) is 5.92 Å². The third-order valence-electron chi connectivity index (χ3n) is 8.06. The van der Waals surface area contributed by atoms with Crippen LogP contribution in [0.15, 0.2) is 12.1 Å². The van der Waals surface area contributed by atoms with Gasteiger partial charge in [0, 0.05) is 31.1 Å². The highest BCUT2D eigenvalue weighted by atomic mass is 16.5. The van der Waals surface area contributed by atoms with Crippen molar-refractivity contribution in [2.45, 2.75) is 44.6 Å². The fraction of sp³-hybridized carbons (Fsp3) is 0.704. The monoisotopic (exact) mass is 481 g/mol. The van der Waals surface area contributed by atoms with E-state index in [4.69, 9.17) is 14.7 Å². The van der Waals surface area contributed by atoms with Crippen LogP contribution in [0.2, 0.25) is 0 Å². The second-order valence-corrected chi connectivity index (χ2v) is 10.8. The number of methoxy groups -OCH3 is 1. The van der Waals surface area contributed by atoms with E-state index in [1.165, 1.54) is 18.4 Å². The third-order valence-corrected chi connectivity index (χ3v) is 8.06. The standard InChI is InChI=1S/C27H43N7O/c1-32-10-5-11-34(15-14-32)27-30-24-17-21(16-20-6-4-9-28-19-20)25(35-3)18-23(24)26(31-27)29-22-7-12-33(2)13-8-22/h17-18,20,22,28H,4-16,19H2,1-3H3,(H,29,30,31). The summed E-state index contributed by atoms with van der Waals surface area (Å²) in [6.07, 6.45) is 6.95. The van der Waals surface area contributed by atoms with E-state index in [1.54, 1.807) is 7.11 Å². The molecule has 1 atom stereocenters. The summed E-state index contributed by atoms with van der Waals surface area (Å²) < 4.78 is 5.90. The number of likely N-dealkylation sites (N-methyl/N-ethyl adjacent to an activating group) is 1. The van der Waals surface area contributed by atoms with E-state index in [0.29, 0.717) is 12.0 Å². The molecule has 0 saturated carbocycles. The van der Waals surface area contributed by atoms with Gasteiger partial charge in [-0.3, -0.25) is 0 Å². The predicted molar refractivity (Wildman–Crippen MR) is 144 cm³/mol.